The van der Waals surface area contributed by atoms with Gasteiger partial charge < -0.3 is 4.52 Å². The molecule has 0 bridgehead atoms. The average molecular weight is 414 g/mol. The zero-order valence-corrected chi connectivity index (χ0v) is 16.1. The SMILES string of the molecule is Cc1noc(C)c1CN1CCN(S(=O)(=O)c2ccc(Br)cc2)CC1. The van der Waals surface area contributed by atoms with Gasteiger partial charge in [0.2, 0.25) is 10.0 Å². The van der Waals surface area contributed by atoms with Crippen LogP contribution in [0, 0.1) is 13.8 Å². The van der Waals surface area contributed by atoms with E-state index in [1.165, 1.54) is 0 Å². The van der Waals surface area contributed by atoms with Crippen molar-refractivity contribution < 1.29 is 12.9 Å². The van der Waals surface area contributed by atoms with Gasteiger partial charge in [-0.15, -0.1) is 0 Å². The number of piperazine rings is 1. The summed E-state index contributed by atoms with van der Waals surface area (Å²) in [5.74, 6) is 0.831. The molecule has 3 rings (SSSR count). The Hall–Kier alpha value is -1.22. The summed E-state index contributed by atoms with van der Waals surface area (Å²) in [7, 11) is -3.43. The predicted molar refractivity (Wildman–Crippen MR) is 94.2 cm³/mol. The average Bonchev–Trinajstić information content (AvgIpc) is 2.88. The van der Waals surface area contributed by atoms with Gasteiger partial charge in [0.05, 0.1) is 10.6 Å². The van der Waals surface area contributed by atoms with Crippen molar-refractivity contribution in [2.24, 2.45) is 0 Å². The largest absolute Gasteiger partial charge is 0.361 e. The van der Waals surface area contributed by atoms with E-state index in [4.69, 9.17) is 4.52 Å². The van der Waals surface area contributed by atoms with E-state index >= 15 is 0 Å². The molecule has 0 aliphatic carbocycles. The number of hydrogen-bond donors (Lipinski definition) is 0. The van der Waals surface area contributed by atoms with Crippen LogP contribution in [0.4, 0.5) is 0 Å². The molecule has 1 fully saturated rings. The Kier molecular flexibility index (Phi) is 5.10. The highest BCUT2D eigenvalue weighted by molar-refractivity contribution is 9.10. The summed E-state index contributed by atoms with van der Waals surface area (Å²) >= 11 is 3.33. The van der Waals surface area contributed by atoms with Gasteiger partial charge in [0, 0.05) is 42.8 Å². The molecule has 1 aliphatic rings. The quantitative estimate of drug-likeness (QED) is 0.770. The van der Waals surface area contributed by atoms with Gasteiger partial charge in [0.25, 0.3) is 0 Å². The summed E-state index contributed by atoms with van der Waals surface area (Å²) < 4.78 is 33.0. The second-order valence-corrected chi connectivity index (χ2v) is 8.79. The molecule has 1 aromatic carbocycles. The van der Waals surface area contributed by atoms with Crippen molar-refractivity contribution in [2.75, 3.05) is 26.2 Å². The Morgan fingerprint density at radius 2 is 1.75 bits per heavy atom. The minimum Gasteiger partial charge on any atom is -0.361 e. The van der Waals surface area contributed by atoms with E-state index in [0.29, 0.717) is 31.1 Å². The number of rotatable bonds is 4. The number of hydrogen-bond acceptors (Lipinski definition) is 5. The summed E-state index contributed by atoms with van der Waals surface area (Å²) in [6, 6.07) is 6.77. The third-order valence-corrected chi connectivity index (χ3v) is 6.79. The van der Waals surface area contributed by atoms with Gasteiger partial charge in [-0.2, -0.15) is 4.31 Å². The maximum Gasteiger partial charge on any atom is 0.243 e. The van der Waals surface area contributed by atoms with Crippen molar-refractivity contribution in [1.29, 1.82) is 0 Å². The van der Waals surface area contributed by atoms with E-state index in [-0.39, 0.29) is 0 Å². The van der Waals surface area contributed by atoms with Crippen LogP contribution in [0.3, 0.4) is 0 Å². The second-order valence-electron chi connectivity index (χ2n) is 5.94. The first kappa shape index (κ1) is 17.6. The third-order valence-electron chi connectivity index (χ3n) is 4.35. The summed E-state index contributed by atoms with van der Waals surface area (Å²) in [4.78, 5) is 2.57. The van der Waals surface area contributed by atoms with E-state index < -0.39 is 10.0 Å². The van der Waals surface area contributed by atoms with Crippen LogP contribution in [0.15, 0.2) is 38.2 Å². The second kappa shape index (κ2) is 6.95. The number of nitrogens with zero attached hydrogens (tertiary/aromatic N) is 3. The first-order valence-corrected chi connectivity index (χ1v) is 10.0. The molecular formula is C16H20BrN3O3S. The monoisotopic (exact) mass is 413 g/mol. The molecule has 6 nitrogen and oxygen atoms in total. The predicted octanol–water partition coefficient (Wildman–Crippen LogP) is 2.56. The topological polar surface area (TPSA) is 66.7 Å². The lowest BCUT2D eigenvalue weighted by Gasteiger charge is -2.33. The molecule has 0 unspecified atom stereocenters. The van der Waals surface area contributed by atoms with Gasteiger partial charge in [-0.3, -0.25) is 4.90 Å². The van der Waals surface area contributed by atoms with Crippen molar-refractivity contribution in [2.45, 2.75) is 25.3 Å². The molecule has 1 aliphatic heterocycles. The van der Waals surface area contributed by atoms with E-state index in [1.54, 1.807) is 28.6 Å². The maximum absolute atomic E-state index is 12.7. The molecule has 0 N–H and O–H groups in total. The Labute approximate surface area is 150 Å². The maximum atomic E-state index is 12.7. The number of aryl methyl sites for hydroxylation is 2. The Balaban J connectivity index is 1.65. The lowest BCUT2D eigenvalue weighted by Crippen LogP contribution is -2.48. The molecule has 2 aromatic rings. The van der Waals surface area contributed by atoms with Crippen molar-refractivity contribution in [3.05, 3.63) is 45.8 Å². The number of aromatic nitrogens is 1. The zero-order chi connectivity index (χ0) is 17.3. The van der Waals surface area contributed by atoms with Crippen LogP contribution < -0.4 is 0 Å². The molecule has 2 heterocycles. The van der Waals surface area contributed by atoms with Crippen LogP contribution in [-0.2, 0) is 16.6 Å². The number of sulfonamides is 1. The molecule has 1 saturated heterocycles. The van der Waals surface area contributed by atoms with Gasteiger partial charge in [-0.25, -0.2) is 8.42 Å². The van der Waals surface area contributed by atoms with E-state index in [2.05, 4.69) is 26.0 Å². The van der Waals surface area contributed by atoms with Gasteiger partial charge in [0.15, 0.2) is 0 Å². The summed E-state index contributed by atoms with van der Waals surface area (Å²) in [6.07, 6.45) is 0. The summed E-state index contributed by atoms with van der Waals surface area (Å²) in [6.45, 7) is 6.94. The fourth-order valence-electron chi connectivity index (χ4n) is 2.83. The summed E-state index contributed by atoms with van der Waals surface area (Å²) in [5, 5.41) is 3.97. The molecule has 130 valence electrons. The molecule has 1 aromatic heterocycles. The molecule has 0 radical (unpaired) electrons. The van der Waals surface area contributed by atoms with Crippen LogP contribution in [0.2, 0.25) is 0 Å². The lowest BCUT2D eigenvalue weighted by molar-refractivity contribution is 0.180. The summed E-state index contributed by atoms with van der Waals surface area (Å²) in [5.41, 5.74) is 2.00. The van der Waals surface area contributed by atoms with Crippen molar-refractivity contribution >= 4 is 26.0 Å². The minimum absolute atomic E-state index is 0.338. The molecule has 8 heteroatoms. The zero-order valence-electron chi connectivity index (χ0n) is 13.7. The van der Waals surface area contributed by atoms with Crippen molar-refractivity contribution in [3.63, 3.8) is 0 Å². The Bertz CT molecular complexity index is 790. The highest BCUT2D eigenvalue weighted by Gasteiger charge is 2.29. The molecular weight excluding hydrogens is 394 g/mol. The van der Waals surface area contributed by atoms with Gasteiger partial charge in [-0.05, 0) is 38.1 Å². The Morgan fingerprint density at radius 1 is 1.12 bits per heavy atom. The van der Waals surface area contributed by atoms with Crippen LogP contribution in [-0.4, -0.2) is 49.0 Å². The van der Waals surface area contributed by atoms with Gasteiger partial charge in [-0.1, -0.05) is 21.1 Å². The van der Waals surface area contributed by atoms with Crippen molar-refractivity contribution in [1.82, 2.24) is 14.4 Å². The standard InChI is InChI=1S/C16H20BrN3O3S/c1-12-16(13(2)23-18-12)11-19-7-9-20(10-8-19)24(21,22)15-5-3-14(17)4-6-15/h3-6H,7-11H2,1-2H3. The molecule has 0 spiro atoms. The lowest BCUT2D eigenvalue weighted by atomic mass is 10.2. The minimum atomic E-state index is -3.43. The first-order valence-electron chi connectivity index (χ1n) is 7.78. The van der Waals surface area contributed by atoms with E-state index in [9.17, 15) is 8.42 Å². The fourth-order valence-corrected chi connectivity index (χ4v) is 4.52. The van der Waals surface area contributed by atoms with Gasteiger partial charge in [0.1, 0.15) is 5.76 Å². The molecule has 0 amide bonds. The van der Waals surface area contributed by atoms with Crippen LogP contribution in [0.25, 0.3) is 0 Å². The number of benzene rings is 1. The van der Waals surface area contributed by atoms with E-state index in [1.807, 2.05) is 13.8 Å². The third kappa shape index (κ3) is 3.56. The van der Waals surface area contributed by atoms with Crippen molar-refractivity contribution in [3.8, 4) is 0 Å². The van der Waals surface area contributed by atoms with Crippen LogP contribution in [0.5, 0.6) is 0 Å². The van der Waals surface area contributed by atoms with Gasteiger partial charge >= 0.3 is 0 Å². The fraction of sp³-hybridized carbons (Fsp3) is 0.438. The highest BCUT2D eigenvalue weighted by Crippen LogP contribution is 2.21. The molecule has 0 atom stereocenters. The normalized spacial score (nSPS) is 17.3. The van der Waals surface area contributed by atoms with Crippen LogP contribution >= 0.6 is 15.9 Å². The van der Waals surface area contributed by atoms with E-state index in [0.717, 1.165) is 28.0 Å². The molecule has 24 heavy (non-hydrogen) atoms. The smallest absolute Gasteiger partial charge is 0.243 e. The number of halogens is 1. The highest BCUT2D eigenvalue weighted by atomic mass is 79.9. The van der Waals surface area contributed by atoms with Crippen LogP contribution in [0.1, 0.15) is 17.0 Å². The first-order chi connectivity index (χ1) is 11.4. The Morgan fingerprint density at radius 3 is 2.29 bits per heavy atom. The molecule has 0 saturated carbocycles.